The third kappa shape index (κ3) is 4.47. The zero-order chi connectivity index (χ0) is 25.3. The van der Waals surface area contributed by atoms with Crippen molar-refractivity contribution in [3.8, 4) is 0 Å². The van der Waals surface area contributed by atoms with Gasteiger partial charge in [0.05, 0.1) is 11.7 Å². The summed E-state index contributed by atoms with van der Waals surface area (Å²) in [5.74, 6) is -2.84. The number of carbonyl (C=O) groups is 3. The van der Waals surface area contributed by atoms with E-state index in [0.29, 0.717) is 11.1 Å². The van der Waals surface area contributed by atoms with Crippen LogP contribution in [0.25, 0.3) is 0 Å². The molecule has 35 heavy (non-hydrogen) atoms. The number of thiazole rings is 1. The van der Waals surface area contributed by atoms with E-state index in [2.05, 4.69) is 20.6 Å². The van der Waals surface area contributed by atoms with Crippen molar-refractivity contribution in [2.45, 2.75) is 18.0 Å². The number of amides is 2. The average Bonchev–Trinajstić information content (AvgIpc) is 3.28. The lowest BCUT2D eigenvalue weighted by Gasteiger charge is -2.50. The van der Waals surface area contributed by atoms with Gasteiger partial charge < -0.3 is 37.1 Å². The first-order valence-corrected chi connectivity index (χ1v) is 11.8. The summed E-state index contributed by atoms with van der Waals surface area (Å²) < 4.78 is 1.67. The first kappa shape index (κ1) is 24.0. The molecular weight excluding hydrogens is 500 g/mol. The van der Waals surface area contributed by atoms with Gasteiger partial charge in [0.25, 0.3) is 11.8 Å². The van der Waals surface area contributed by atoms with Crippen LogP contribution < -0.4 is 26.5 Å². The van der Waals surface area contributed by atoms with Gasteiger partial charge in [-0.2, -0.15) is 0 Å². The van der Waals surface area contributed by atoms with Gasteiger partial charge in [0, 0.05) is 34.4 Å². The molecule has 182 valence electrons. The molecule has 2 aromatic rings. The molecule has 16 heteroatoms. The number of carboxylic acid groups (broad SMARTS) is 1. The van der Waals surface area contributed by atoms with Crippen LogP contribution in [0.3, 0.4) is 0 Å². The first-order chi connectivity index (χ1) is 16.7. The molecule has 1 fully saturated rings. The molecule has 4 rings (SSSR count). The minimum atomic E-state index is -1.52. The van der Waals surface area contributed by atoms with Crippen molar-refractivity contribution in [3.05, 3.63) is 52.4 Å². The number of β-lactam (4-membered cyclic amide) rings is 1. The number of carbonyl (C=O) groups excluding carboxylic acids is 3. The van der Waals surface area contributed by atoms with Crippen molar-refractivity contribution in [2.24, 2.45) is 16.0 Å². The van der Waals surface area contributed by atoms with Crippen molar-refractivity contribution in [1.82, 2.24) is 15.2 Å². The number of thioether (sulfide) groups is 1. The number of anilines is 1. The highest BCUT2D eigenvalue weighted by Gasteiger charge is 2.53. The van der Waals surface area contributed by atoms with Gasteiger partial charge in [0.2, 0.25) is 0 Å². The molecule has 0 unspecified atom stereocenters. The topological polar surface area (TPSA) is 224 Å². The summed E-state index contributed by atoms with van der Waals surface area (Å²) in [5, 5.41) is 39.2. The maximum absolute atomic E-state index is 12.8. The Balaban J connectivity index is 1.51. The van der Waals surface area contributed by atoms with E-state index in [1.807, 2.05) is 0 Å². The highest BCUT2D eigenvalue weighted by atomic mass is 32.2. The van der Waals surface area contributed by atoms with Gasteiger partial charge in [0.15, 0.2) is 35.6 Å². The van der Waals surface area contributed by atoms with E-state index < -0.39 is 34.9 Å². The molecule has 1 saturated heterocycles. The Morgan fingerprint density at radius 3 is 2.60 bits per heavy atom. The van der Waals surface area contributed by atoms with Crippen LogP contribution in [0, 0.1) is 0 Å². The zero-order valence-electron chi connectivity index (χ0n) is 17.7. The number of nitrogens with two attached hydrogens (primary N) is 2. The Kier molecular flexibility index (Phi) is 6.57. The second kappa shape index (κ2) is 9.59. The number of nitrogens with one attached hydrogen (secondary N) is 1. The van der Waals surface area contributed by atoms with E-state index in [9.17, 15) is 24.7 Å². The monoisotopic (exact) mass is 518 g/mol. The highest BCUT2D eigenvalue weighted by Crippen LogP contribution is 2.40. The third-order valence-electron chi connectivity index (χ3n) is 5.27. The van der Waals surface area contributed by atoms with Crippen LogP contribution in [0.2, 0.25) is 0 Å². The Hall–Kier alpha value is -4.18. The molecule has 0 bridgehead atoms. The minimum Gasteiger partial charge on any atom is -0.543 e. The lowest BCUT2D eigenvalue weighted by molar-refractivity contribution is -0.689. The number of oxime groups is 2. The van der Waals surface area contributed by atoms with E-state index in [-0.39, 0.29) is 34.7 Å². The molecule has 4 heterocycles. The lowest BCUT2D eigenvalue weighted by atomic mass is 10.0. The lowest BCUT2D eigenvalue weighted by Crippen LogP contribution is -2.71. The molecule has 2 aromatic heterocycles. The summed E-state index contributed by atoms with van der Waals surface area (Å²) in [7, 11) is 0. The third-order valence-corrected chi connectivity index (χ3v) is 7.29. The number of hydrogen-bond acceptors (Lipinski definition) is 12. The maximum Gasteiger partial charge on any atom is 0.276 e. The second-order valence-electron chi connectivity index (χ2n) is 7.36. The van der Waals surface area contributed by atoms with Gasteiger partial charge in [-0.1, -0.05) is 10.3 Å². The SMILES string of the molecule is NC(=NO)c1cc[n+](CC2=C(C(=O)[O-])N3C(=O)[C@@H](NC(=O)C(=NO)c4csc(N)n4)[C@@H]3SC2)cc1. The number of rotatable bonds is 7. The summed E-state index contributed by atoms with van der Waals surface area (Å²) >= 11 is 2.31. The normalized spacial score (nSPS) is 20.3. The molecule has 2 amide bonds. The van der Waals surface area contributed by atoms with Crippen LogP contribution in [0.5, 0.6) is 0 Å². The van der Waals surface area contributed by atoms with Crippen molar-refractivity contribution < 1.29 is 34.5 Å². The molecule has 14 nitrogen and oxygen atoms in total. The fourth-order valence-electron chi connectivity index (χ4n) is 3.62. The summed E-state index contributed by atoms with van der Waals surface area (Å²) in [6.45, 7) is 0.146. The molecule has 2 aliphatic rings. The molecule has 0 radical (unpaired) electrons. The largest absolute Gasteiger partial charge is 0.543 e. The van der Waals surface area contributed by atoms with Crippen LogP contribution in [0.1, 0.15) is 11.3 Å². The van der Waals surface area contributed by atoms with E-state index in [0.717, 1.165) is 16.2 Å². The fourth-order valence-corrected chi connectivity index (χ4v) is 5.51. The van der Waals surface area contributed by atoms with E-state index in [4.69, 9.17) is 16.7 Å². The van der Waals surface area contributed by atoms with Crippen LogP contribution >= 0.6 is 23.1 Å². The Labute approximate surface area is 205 Å². The van der Waals surface area contributed by atoms with Gasteiger partial charge in [0.1, 0.15) is 17.1 Å². The van der Waals surface area contributed by atoms with E-state index in [1.54, 1.807) is 29.1 Å². The molecule has 7 N–H and O–H groups in total. The standard InChI is InChI=1S/C19H18N8O6S2/c20-14(25-33)8-1-3-26(4-2-8)5-9-6-34-17-12(16(29)27(17)13(9)18(30)31)23-15(28)11(24-32)10-7-35-19(21)22-10/h1-4,7,12,17H,5-6,20H2,(H5,21,22,23,28,30,31,32)/t12-,17+/m1/s1. The maximum atomic E-state index is 12.8. The molecule has 0 aliphatic carbocycles. The van der Waals surface area contributed by atoms with Crippen LogP contribution in [-0.2, 0) is 20.9 Å². The van der Waals surface area contributed by atoms with Gasteiger partial charge >= 0.3 is 0 Å². The van der Waals surface area contributed by atoms with Crippen LogP contribution in [0.4, 0.5) is 5.13 Å². The van der Waals surface area contributed by atoms with E-state index >= 15 is 0 Å². The van der Waals surface area contributed by atoms with Crippen molar-refractivity contribution in [3.63, 3.8) is 0 Å². The minimum absolute atomic E-state index is 0.0418. The summed E-state index contributed by atoms with van der Waals surface area (Å²) in [6.07, 6.45) is 3.23. The molecule has 0 aromatic carbocycles. The quantitative estimate of drug-likeness (QED) is 0.0641. The van der Waals surface area contributed by atoms with Crippen molar-refractivity contribution >= 4 is 57.6 Å². The molecule has 0 saturated carbocycles. The van der Waals surface area contributed by atoms with Gasteiger partial charge in [-0.15, -0.1) is 23.1 Å². The molecule has 2 aliphatic heterocycles. The number of hydrogen-bond donors (Lipinski definition) is 5. The van der Waals surface area contributed by atoms with Gasteiger partial charge in [-0.05, 0) is 0 Å². The van der Waals surface area contributed by atoms with Gasteiger partial charge in [-0.25, -0.2) is 9.55 Å². The zero-order valence-corrected chi connectivity index (χ0v) is 19.3. The number of fused-ring (bicyclic) bond motifs is 1. The Bertz CT molecular complexity index is 1290. The van der Waals surface area contributed by atoms with Crippen LogP contribution in [-0.4, -0.2) is 66.8 Å². The number of nitrogen functional groups attached to an aromatic ring is 1. The fraction of sp³-hybridized carbons (Fsp3) is 0.211. The number of amidine groups is 1. The Morgan fingerprint density at radius 2 is 2.03 bits per heavy atom. The predicted octanol–water partition coefficient (Wildman–Crippen LogP) is -2.61. The molecule has 2 atom stereocenters. The van der Waals surface area contributed by atoms with Crippen LogP contribution in [0.15, 0.2) is 51.5 Å². The number of carboxylic acids is 1. The van der Waals surface area contributed by atoms with Gasteiger partial charge in [-0.3, -0.25) is 14.5 Å². The number of aliphatic carboxylic acids is 1. The summed E-state index contributed by atoms with van der Waals surface area (Å²) in [5.41, 5.74) is 11.3. The number of aromatic nitrogens is 2. The average molecular weight is 519 g/mol. The molecule has 0 spiro atoms. The first-order valence-electron chi connectivity index (χ1n) is 9.84. The second-order valence-corrected chi connectivity index (χ2v) is 9.36. The summed E-state index contributed by atoms with van der Waals surface area (Å²) in [4.78, 5) is 42.3. The number of pyridine rings is 1. The Morgan fingerprint density at radius 1 is 1.31 bits per heavy atom. The smallest absolute Gasteiger partial charge is 0.276 e. The number of nitrogens with zero attached hydrogens (tertiary/aromatic N) is 5. The summed E-state index contributed by atoms with van der Waals surface area (Å²) in [6, 6.07) is 2.14. The van der Waals surface area contributed by atoms with E-state index in [1.165, 1.54) is 17.1 Å². The van der Waals surface area contributed by atoms with Crippen molar-refractivity contribution in [1.29, 1.82) is 0 Å². The molecular formula is C19H18N8O6S2. The van der Waals surface area contributed by atoms with Crippen molar-refractivity contribution in [2.75, 3.05) is 11.5 Å². The predicted molar refractivity (Wildman–Crippen MR) is 121 cm³/mol. The highest BCUT2D eigenvalue weighted by molar-refractivity contribution is 8.00.